The van der Waals surface area contributed by atoms with Gasteiger partial charge in [0.25, 0.3) is 5.91 Å². The van der Waals surface area contributed by atoms with Crippen molar-refractivity contribution in [3.05, 3.63) is 89.5 Å². The monoisotopic (exact) mass is 499 g/mol. The molecule has 0 aliphatic carbocycles. The van der Waals surface area contributed by atoms with Gasteiger partial charge in [-0.3, -0.25) is 4.79 Å². The van der Waals surface area contributed by atoms with E-state index >= 15 is 0 Å². The van der Waals surface area contributed by atoms with Crippen LogP contribution in [0.4, 0.5) is 5.82 Å². The molecule has 5 rings (SSSR count). The number of esters is 1. The Balaban J connectivity index is 1.13. The second-order valence-corrected chi connectivity index (χ2v) is 8.87. The minimum atomic E-state index is -0.376. The van der Waals surface area contributed by atoms with Crippen LogP contribution in [-0.4, -0.2) is 63.9 Å². The van der Waals surface area contributed by atoms with Gasteiger partial charge in [0, 0.05) is 50.3 Å². The first-order valence-electron chi connectivity index (χ1n) is 12.4. The number of nitrogens with zero attached hydrogens (tertiary/aromatic N) is 5. The van der Waals surface area contributed by atoms with E-state index in [4.69, 9.17) is 9.47 Å². The zero-order valence-electron chi connectivity index (χ0n) is 21.0. The summed E-state index contributed by atoms with van der Waals surface area (Å²) in [5, 5.41) is 0. The largest absolute Gasteiger partial charge is 0.487 e. The van der Waals surface area contributed by atoms with E-state index in [2.05, 4.69) is 14.9 Å². The van der Waals surface area contributed by atoms with E-state index in [0.29, 0.717) is 56.3 Å². The van der Waals surface area contributed by atoms with Crippen molar-refractivity contribution in [3.63, 3.8) is 0 Å². The lowest BCUT2D eigenvalue weighted by Crippen LogP contribution is -2.49. The van der Waals surface area contributed by atoms with Gasteiger partial charge in [0.2, 0.25) is 0 Å². The lowest BCUT2D eigenvalue weighted by Gasteiger charge is -2.35. The molecule has 9 heteroatoms. The van der Waals surface area contributed by atoms with Gasteiger partial charge in [-0.2, -0.15) is 0 Å². The number of fused-ring (bicyclic) bond motifs is 1. The van der Waals surface area contributed by atoms with Crippen LogP contribution in [0.1, 0.15) is 38.9 Å². The lowest BCUT2D eigenvalue weighted by atomic mass is 10.1. The van der Waals surface area contributed by atoms with Gasteiger partial charge in [-0.05, 0) is 61.9 Å². The molecule has 0 unspecified atom stereocenters. The molecule has 1 aliphatic rings. The number of imidazole rings is 1. The van der Waals surface area contributed by atoms with Gasteiger partial charge in [-0.25, -0.2) is 14.8 Å². The van der Waals surface area contributed by atoms with Gasteiger partial charge in [0.15, 0.2) is 0 Å². The summed E-state index contributed by atoms with van der Waals surface area (Å²) in [6.45, 7) is 6.99. The average Bonchev–Trinajstić information content (AvgIpc) is 3.37. The summed E-state index contributed by atoms with van der Waals surface area (Å²) in [5.74, 6) is 1.08. The number of amides is 1. The Morgan fingerprint density at radius 2 is 1.73 bits per heavy atom. The molecule has 190 valence electrons. The molecule has 4 aromatic rings. The number of hydrogen-bond donors (Lipinski definition) is 0. The van der Waals surface area contributed by atoms with E-state index in [1.54, 1.807) is 25.1 Å². The second kappa shape index (κ2) is 10.7. The fourth-order valence-electron chi connectivity index (χ4n) is 4.35. The number of aromatic nitrogens is 3. The first-order valence-corrected chi connectivity index (χ1v) is 12.4. The number of ether oxygens (including phenoxy) is 2. The molecule has 37 heavy (non-hydrogen) atoms. The van der Waals surface area contributed by atoms with Gasteiger partial charge < -0.3 is 23.7 Å². The van der Waals surface area contributed by atoms with Crippen LogP contribution in [0.3, 0.4) is 0 Å². The van der Waals surface area contributed by atoms with Crippen LogP contribution >= 0.6 is 0 Å². The van der Waals surface area contributed by atoms with Gasteiger partial charge in [-0.15, -0.1) is 0 Å². The van der Waals surface area contributed by atoms with Crippen molar-refractivity contribution >= 4 is 23.3 Å². The van der Waals surface area contributed by atoms with Gasteiger partial charge >= 0.3 is 5.97 Å². The molecule has 1 aliphatic heterocycles. The number of pyridine rings is 2. The molecule has 0 radical (unpaired) electrons. The molecular formula is C28H29N5O4. The van der Waals surface area contributed by atoms with E-state index in [1.807, 2.05) is 58.9 Å². The van der Waals surface area contributed by atoms with Crippen LogP contribution in [0.5, 0.6) is 5.75 Å². The molecule has 0 N–H and O–H groups in total. The first-order chi connectivity index (χ1) is 18.0. The van der Waals surface area contributed by atoms with Crippen molar-refractivity contribution in [2.45, 2.75) is 20.5 Å². The summed E-state index contributed by atoms with van der Waals surface area (Å²) in [6.07, 6.45) is 5.46. The Morgan fingerprint density at radius 3 is 2.41 bits per heavy atom. The summed E-state index contributed by atoms with van der Waals surface area (Å²) in [7, 11) is 0. The summed E-state index contributed by atoms with van der Waals surface area (Å²) in [5.41, 5.74) is 3.94. The molecule has 1 saturated heterocycles. The van der Waals surface area contributed by atoms with Gasteiger partial charge in [0.05, 0.1) is 17.9 Å². The van der Waals surface area contributed by atoms with E-state index in [0.717, 1.165) is 22.7 Å². The Kier molecular flexibility index (Phi) is 7.02. The summed E-state index contributed by atoms with van der Waals surface area (Å²) in [6, 6.07) is 14.8. The summed E-state index contributed by atoms with van der Waals surface area (Å²) < 4.78 is 12.9. The van der Waals surface area contributed by atoms with Crippen molar-refractivity contribution in [2.75, 3.05) is 37.7 Å². The smallest absolute Gasteiger partial charge is 0.339 e. The number of hydrogen-bond acceptors (Lipinski definition) is 7. The van der Waals surface area contributed by atoms with Gasteiger partial charge in [-0.1, -0.05) is 6.07 Å². The maximum atomic E-state index is 13.0. The number of rotatable bonds is 7. The highest BCUT2D eigenvalue weighted by Gasteiger charge is 2.23. The predicted molar refractivity (Wildman–Crippen MR) is 139 cm³/mol. The predicted octanol–water partition coefficient (Wildman–Crippen LogP) is 3.76. The number of piperazine rings is 1. The molecule has 0 spiro atoms. The Hall–Kier alpha value is -4.40. The lowest BCUT2D eigenvalue weighted by molar-refractivity contribution is 0.0525. The zero-order chi connectivity index (χ0) is 25.8. The van der Waals surface area contributed by atoms with Crippen molar-refractivity contribution < 1.29 is 19.1 Å². The molecule has 3 aromatic heterocycles. The molecule has 1 fully saturated rings. The molecule has 4 heterocycles. The van der Waals surface area contributed by atoms with E-state index in [-0.39, 0.29) is 11.9 Å². The van der Waals surface area contributed by atoms with Crippen LogP contribution in [0, 0.1) is 6.92 Å². The number of aryl methyl sites for hydroxylation is 1. The normalized spacial score (nSPS) is 13.6. The summed E-state index contributed by atoms with van der Waals surface area (Å²) in [4.78, 5) is 37.8. The molecule has 0 atom stereocenters. The van der Waals surface area contributed by atoms with Crippen molar-refractivity contribution in [3.8, 4) is 5.75 Å². The van der Waals surface area contributed by atoms with Crippen LogP contribution < -0.4 is 9.64 Å². The SMILES string of the molecule is CCOC(=O)c1ccc(N2CCN(C(=O)c3ccc(OCc4cn5cccc(C)c5n4)cc3)CC2)nc1. The molecule has 1 amide bonds. The highest BCUT2D eigenvalue weighted by atomic mass is 16.5. The third kappa shape index (κ3) is 5.40. The molecule has 1 aromatic carbocycles. The molecule has 0 saturated carbocycles. The molecule has 0 bridgehead atoms. The minimum Gasteiger partial charge on any atom is -0.487 e. The quantitative estimate of drug-likeness (QED) is 0.358. The topological polar surface area (TPSA) is 89.3 Å². The number of carbonyl (C=O) groups is 2. The van der Waals surface area contributed by atoms with E-state index in [1.165, 1.54) is 6.20 Å². The maximum absolute atomic E-state index is 13.0. The zero-order valence-corrected chi connectivity index (χ0v) is 21.0. The number of carbonyl (C=O) groups excluding carboxylic acids is 2. The van der Waals surface area contributed by atoms with E-state index < -0.39 is 0 Å². The summed E-state index contributed by atoms with van der Waals surface area (Å²) >= 11 is 0. The average molecular weight is 500 g/mol. The van der Waals surface area contributed by atoms with Crippen LogP contribution in [0.2, 0.25) is 0 Å². The maximum Gasteiger partial charge on any atom is 0.339 e. The van der Waals surface area contributed by atoms with E-state index in [9.17, 15) is 9.59 Å². The molecule has 9 nitrogen and oxygen atoms in total. The van der Waals surface area contributed by atoms with Crippen molar-refractivity contribution in [1.82, 2.24) is 19.3 Å². The van der Waals surface area contributed by atoms with Crippen LogP contribution in [-0.2, 0) is 11.3 Å². The fourth-order valence-corrected chi connectivity index (χ4v) is 4.35. The fraction of sp³-hybridized carbons (Fsp3) is 0.286. The van der Waals surface area contributed by atoms with Crippen molar-refractivity contribution in [2.24, 2.45) is 0 Å². The first kappa shape index (κ1) is 24.3. The third-order valence-corrected chi connectivity index (χ3v) is 6.37. The Bertz CT molecular complexity index is 1390. The highest BCUT2D eigenvalue weighted by Crippen LogP contribution is 2.19. The molecular weight excluding hydrogens is 470 g/mol. The van der Waals surface area contributed by atoms with Gasteiger partial charge in [0.1, 0.15) is 23.8 Å². The number of benzene rings is 1. The second-order valence-electron chi connectivity index (χ2n) is 8.87. The van der Waals surface area contributed by atoms with Crippen LogP contribution in [0.25, 0.3) is 5.65 Å². The number of anilines is 1. The van der Waals surface area contributed by atoms with Crippen LogP contribution in [0.15, 0.2) is 67.1 Å². The Labute approximate surface area is 215 Å². The van der Waals surface area contributed by atoms with Crippen molar-refractivity contribution in [1.29, 1.82) is 0 Å². The Morgan fingerprint density at radius 1 is 0.973 bits per heavy atom. The standard InChI is InChI=1S/C28H29N5O4/c1-3-36-28(35)22-8-11-25(29-17-22)31-13-15-32(16-14-31)27(34)21-6-9-24(10-7-21)37-19-23-18-33-12-4-5-20(2)26(33)30-23/h4-12,17-18H,3,13-16,19H2,1-2H3. The third-order valence-electron chi connectivity index (χ3n) is 6.37. The minimum absolute atomic E-state index is 0.00681. The highest BCUT2D eigenvalue weighted by molar-refractivity contribution is 5.94.